The quantitative estimate of drug-likeness (QED) is 0.816. The van der Waals surface area contributed by atoms with Gasteiger partial charge in [0.25, 0.3) is 0 Å². The van der Waals surface area contributed by atoms with Crippen LogP contribution in [0.4, 0.5) is 13.2 Å². The van der Waals surface area contributed by atoms with Crippen molar-refractivity contribution in [1.82, 2.24) is 19.7 Å². The first-order valence-electron chi connectivity index (χ1n) is 8.83. The Balaban J connectivity index is 1.64. The molecule has 140 valence electrons. The number of nitrogens with zero attached hydrogens (tertiary/aromatic N) is 4. The summed E-state index contributed by atoms with van der Waals surface area (Å²) in [6, 6.07) is 9.81. The number of morpholine rings is 1. The lowest BCUT2D eigenvalue weighted by molar-refractivity contribution is -0.143. The highest BCUT2D eigenvalue weighted by Gasteiger charge is 2.50. The highest BCUT2D eigenvalue weighted by molar-refractivity contribution is 5.39. The van der Waals surface area contributed by atoms with Crippen molar-refractivity contribution in [2.45, 2.75) is 37.5 Å². The highest BCUT2D eigenvalue weighted by atomic mass is 19.4. The summed E-state index contributed by atoms with van der Waals surface area (Å²) in [4.78, 5) is 6.63. The van der Waals surface area contributed by atoms with Crippen molar-refractivity contribution in [1.29, 1.82) is 0 Å². The van der Waals surface area contributed by atoms with Crippen molar-refractivity contribution in [3.63, 3.8) is 0 Å². The summed E-state index contributed by atoms with van der Waals surface area (Å²) < 4.78 is 45.4. The second-order valence-corrected chi connectivity index (χ2v) is 6.96. The Morgan fingerprint density at radius 2 is 1.77 bits per heavy atom. The van der Waals surface area contributed by atoms with Gasteiger partial charge in [-0.1, -0.05) is 30.3 Å². The number of hydrogen-bond donors (Lipinski definition) is 0. The number of alkyl halides is 3. The SMILES string of the molecule is FC(F)(F)Cn1nc(C2(c3ccccc3)CC2)nc1CN1CCOCC1. The molecule has 1 saturated heterocycles. The molecule has 0 unspecified atom stereocenters. The maximum atomic E-state index is 13.0. The van der Waals surface area contributed by atoms with E-state index in [1.165, 1.54) is 0 Å². The molecule has 8 heteroatoms. The van der Waals surface area contributed by atoms with E-state index in [4.69, 9.17) is 4.74 Å². The zero-order valence-electron chi connectivity index (χ0n) is 14.4. The molecule has 0 bridgehead atoms. The molecule has 0 atom stereocenters. The lowest BCUT2D eigenvalue weighted by atomic mass is 9.95. The van der Waals surface area contributed by atoms with Crippen molar-refractivity contribution >= 4 is 0 Å². The van der Waals surface area contributed by atoms with Gasteiger partial charge >= 0.3 is 6.18 Å². The van der Waals surface area contributed by atoms with Crippen LogP contribution < -0.4 is 0 Å². The van der Waals surface area contributed by atoms with E-state index < -0.39 is 12.7 Å². The van der Waals surface area contributed by atoms with Crippen LogP contribution in [-0.4, -0.2) is 52.1 Å². The molecule has 5 nitrogen and oxygen atoms in total. The Kier molecular flexibility index (Phi) is 4.48. The summed E-state index contributed by atoms with van der Waals surface area (Å²) in [5.41, 5.74) is 0.736. The van der Waals surface area contributed by atoms with E-state index in [-0.39, 0.29) is 5.41 Å². The summed E-state index contributed by atoms with van der Waals surface area (Å²) in [5, 5.41) is 4.30. The smallest absolute Gasteiger partial charge is 0.379 e. The van der Waals surface area contributed by atoms with Gasteiger partial charge in [0, 0.05) is 13.1 Å². The number of aromatic nitrogens is 3. The third-order valence-electron chi connectivity index (χ3n) is 5.05. The van der Waals surface area contributed by atoms with E-state index in [1.807, 2.05) is 30.3 Å². The van der Waals surface area contributed by atoms with E-state index >= 15 is 0 Å². The minimum Gasteiger partial charge on any atom is -0.379 e. The van der Waals surface area contributed by atoms with Crippen LogP contribution in [0.3, 0.4) is 0 Å². The molecule has 1 aromatic heterocycles. The Morgan fingerprint density at radius 3 is 2.38 bits per heavy atom. The Morgan fingerprint density at radius 1 is 1.08 bits per heavy atom. The average Bonchev–Trinajstić information content (AvgIpc) is 3.34. The topological polar surface area (TPSA) is 43.2 Å². The standard InChI is InChI=1S/C18H21F3N4O/c19-18(20,21)13-25-15(12-24-8-10-26-11-9-24)22-16(23-25)17(6-7-17)14-4-2-1-3-5-14/h1-5H,6-13H2. The molecule has 2 fully saturated rings. The predicted molar refractivity (Wildman–Crippen MR) is 88.6 cm³/mol. The molecule has 26 heavy (non-hydrogen) atoms. The zero-order chi connectivity index (χ0) is 18.2. The minimum atomic E-state index is -4.33. The number of halogens is 3. The molecule has 1 aliphatic carbocycles. The molecule has 0 amide bonds. The lowest BCUT2D eigenvalue weighted by Gasteiger charge is -2.26. The fourth-order valence-corrected chi connectivity index (χ4v) is 3.47. The van der Waals surface area contributed by atoms with Gasteiger partial charge in [0.1, 0.15) is 12.4 Å². The van der Waals surface area contributed by atoms with Gasteiger partial charge in [-0.3, -0.25) is 4.90 Å². The average molecular weight is 366 g/mol. The third kappa shape index (κ3) is 3.61. The van der Waals surface area contributed by atoms with E-state index in [0.717, 1.165) is 23.1 Å². The van der Waals surface area contributed by atoms with Crippen molar-refractivity contribution in [2.75, 3.05) is 26.3 Å². The van der Waals surface area contributed by atoms with Gasteiger partial charge in [-0.05, 0) is 18.4 Å². The maximum absolute atomic E-state index is 13.0. The molecule has 2 heterocycles. The van der Waals surface area contributed by atoms with E-state index in [9.17, 15) is 13.2 Å². The molecule has 1 saturated carbocycles. The molecule has 2 aliphatic rings. The number of ether oxygens (including phenoxy) is 1. The molecule has 1 aromatic carbocycles. The number of benzene rings is 1. The molecule has 2 aromatic rings. The van der Waals surface area contributed by atoms with Crippen LogP contribution >= 0.6 is 0 Å². The van der Waals surface area contributed by atoms with Crippen LogP contribution in [0, 0.1) is 0 Å². The summed E-state index contributed by atoms with van der Waals surface area (Å²) in [5.74, 6) is 0.887. The highest BCUT2D eigenvalue weighted by Crippen LogP contribution is 2.52. The zero-order valence-corrected chi connectivity index (χ0v) is 14.4. The molecule has 0 radical (unpaired) electrons. The van der Waals surface area contributed by atoms with E-state index in [1.54, 1.807) is 0 Å². The Labute approximate surface area is 149 Å². The molecule has 1 aliphatic heterocycles. The van der Waals surface area contributed by atoms with Crippen molar-refractivity contribution in [2.24, 2.45) is 0 Å². The summed E-state index contributed by atoms with van der Waals surface area (Å²) >= 11 is 0. The third-order valence-corrected chi connectivity index (χ3v) is 5.05. The maximum Gasteiger partial charge on any atom is 0.408 e. The summed E-state index contributed by atoms with van der Waals surface area (Å²) in [6.45, 7) is 1.82. The first-order chi connectivity index (χ1) is 12.5. The second-order valence-electron chi connectivity index (χ2n) is 6.96. The lowest BCUT2D eigenvalue weighted by Crippen LogP contribution is -2.36. The second kappa shape index (κ2) is 6.66. The van der Waals surface area contributed by atoms with Crippen LogP contribution in [0.25, 0.3) is 0 Å². The monoisotopic (exact) mass is 366 g/mol. The van der Waals surface area contributed by atoms with Gasteiger partial charge in [0.05, 0.1) is 25.2 Å². The summed E-state index contributed by atoms with van der Waals surface area (Å²) in [7, 11) is 0. The largest absolute Gasteiger partial charge is 0.408 e. The number of rotatable bonds is 5. The van der Waals surface area contributed by atoms with Crippen molar-refractivity contribution in [3.8, 4) is 0 Å². The van der Waals surface area contributed by atoms with Gasteiger partial charge < -0.3 is 4.74 Å². The van der Waals surface area contributed by atoms with Gasteiger partial charge in [-0.15, -0.1) is 0 Å². The Hall–Kier alpha value is -1.93. The Bertz CT molecular complexity index is 750. The fourth-order valence-electron chi connectivity index (χ4n) is 3.47. The van der Waals surface area contributed by atoms with Crippen LogP contribution in [0.1, 0.15) is 30.1 Å². The van der Waals surface area contributed by atoms with E-state index in [0.29, 0.717) is 44.5 Å². The first-order valence-corrected chi connectivity index (χ1v) is 8.83. The van der Waals surface area contributed by atoms with Crippen LogP contribution in [0.15, 0.2) is 30.3 Å². The first kappa shape index (κ1) is 17.5. The van der Waals surface area contributed by atoms with Gasteiger partial charge in [0.15, 0.2) is 5.82 Å². The predicted octanol–water partition coefficient (Wildman–Crippen LogP) is 2.75. The summed E-state index contributed by atoms with van der Waals surface area (Å²) in [6.07, 6.45) is -2.59. The molecular weight excluding hydrogens is 345 g/mol. The van der Waals surface area contributed by atoms with Crippen LogP contribution in [0.2, 0.25) is 0 Å². The minimum absolute atomic E-state index is 0.335. The van der Waals surface area contributed by atoms with Gasteiger partial charge in [-0.2, -0.15) is 18.3 Å². The fraction of sp³-hybridized carbons (Fsp3) is 0.556. The van der Waals surface area contributed by atoms with Crippen LogP contribution in [-0.2, 0) is 23.2 Å². The molecule has 4 rings (SSSR count). The van der Waals surface area contributed by atoms with E-state index in [2.05, 4.69) is 15.0 Å². The number of hydrogen-bond acceptors (Lipinski definition) is 4. The van der Waals surface area contributed by atoms with Gasteiger partial charge in [0.2, 0.25) is 0 Å². The molecule has 0 spiro atoms. The molecular formula is C18H21F3N4O. The van der Waals surface area contributed by atoms with Crippen molar-refractivity contribution in [3.05, 3.63) is 47.5 Å². The van der Waals surface area contributed by atoms with Gasteiger partial charge in [-0.25, -0.2) is 9.67 Å². The van der Waals surface area contributed by atoms with Crippen LogP contribution in [0.5, 0.6) is 0 Å². The molecule has 0 N–H and O–H groups in total. The van der Waals surface area contributed by atoms with Crippen molar-refractivity contribution < 1.29 is 17.9 Å². The normalized spacial score (nSPS) is 20.3.